The third-order valence-electron chi connectivity index (χ3n) is 1.78. The molecule has 1 aromatic rings. The van der Waals surface area contributed by atoms with E-state index >= 15 is 0 Å². The zero-order valence-corrected chi connectivity index (χ0v) is 9.21. The van der Waals surface area contributed by atoms with Gasteiger partial charge in [0.05, 0.1) is 0 Å². The van der Waals surface area contributed by atoms with Crippen molar-refractivity contribution in [2.75, 3.05) is 11.9 Å². The molecule has 0 radical (unpaired) electrons. The van der Waals surface area contributed by atoms with Gasteiger partial charge < -0.3 is 20.7 Å². The molecule has 0 saturated heterocycles. The number of anilines is 1. The van der Waals surface area contributed by atoms with Crippen LogP contribution >= 0.6 is 12.2 Å². The van der Waals surface area contributed by atoms with E-state index in [0.717, 1.165) is 12.2 Å². The summed E-state index contributed by atoms with van der Waals surface area (Å²) in [6, 6.07) is 6.79. The van der Waals surface area contributed by atoms with Gasteiger partial charge in [-0.1, -0.05) is 12.1 Å². The number of hydrogen-bond acceptors (Lipinski definition) is 3. The van der Waals surface area contributed by atoms with Crippen LogP contribution in [-0.2, 0) is 0 Å². The lowest BCUT2D eigenvalue weighted by molar-refractivity contribution is 0.426. The van der Waals surface area contributed by atoms with Gasteiger partial charge in [-0.3, -0.25) is 0 Å². The number of rotatable bonds is 3. The Morgan fingerprint density at radius 1 is 1.47 bits per heavy atom. The first-order chi connectivity index (χ1) is 7.13. The Hall–Kier alpha value is -1.11. The average Bonchev–Trinajstić information content (AvgIpc) is 2.18. The lowest BCUT2D eigenvalue weighted by Crippen LogP contribution is -2.31. The Labute approximate surface area is 94.5 Å². The van der Waals surface area contributed by atoms with E-state index in [2.05, 4.69) is 10.6 Å². The predicted octanol–water partition coefficient (Wildman–Crippen LogP) is -0.327. The summed E-state index contributed by atoms with van der Waals surface area (Å²) in [4.78, 5) is 0. The van der Waals surface area contributed by atoms with E-state index in [4.69, 9.17) is 22.3 Å². The number of nitrogens with one attached hydrogen (secondary N) is 2. The summed E-state index contributed by atoms with van der Waals surface area (Å²) in [6.07, 6.45) is 0. The molecule has 1 rings (SSSR count). The highest BCUT2D eigenvalue weighted by Crippen LogP contribution is 2.03. The van der Waals surface area contributed by atoms with Crippen molar-refractivity contribution in [2.45, 2.75) is 6.92 Å². The lowest BCUT2D eigenvalue weighted by atomic mass is 9.80. The van der Waals surface area contributed by atoms with Gasteiger partial charge in [-0.2, -0.15) is 0 Å². The molecule has 0 atom stereocenters. The SMILES string of the molecule is CCNC(=S)Nc1cccc(B(O)O)c1. The normalized spacial score (nSPS) is 9.53. The van der Waals surface area contributed by atoms with Crippen molar-refractivity contribution in [1.82, 2.24) is 5.32 Å². The van der Waals surface area contributed by atoms with Crippen LogP contribution in [0.4, 0.5) is 5.69 Å². The second-order valence-electron chi connectivity index (χ2n) is 2.98. The van der Waals surface area contributed by atoms with E-state index in [1.807, 2.05) is 6.92 Å². The van der Waals surface area contributed by atoms with Crippen molar-refractivity contribution in [3.8, 4) is 0 Å². The Morgan fingerprint density at radius 3 is 2.80 bits per heavy atom. The van der Waals surface area contributed by atoms with Crippen LogP contribution < -0.4 is 16.1 Å². The van der Waals surface area contributed by atoms with Gasteiger partial charge in [0.2, 0.25) is 0 Å². The first-order valence-electron chi connectivity index (χ1n) is 4.64. The molecular weight excluding hydrogens is 211 g/mol. The van der Waals surface area contributed by atoms with Crippen LogP contribution in [-0.4, -0.2) is 28.8 Å². The van der Waals surface area contributed by atoms with Gasteiger partial charge in [0.25, 0.3) is 0 Å². The Balaban J connectivity index is 2.69. The fraction of sp³-hybridized carbons (Fsp3) is 0.222. The van der Waals surface area contributed by atoms with Gasteiger partial charge in [0.15, 0.2) is 5.11 Å². The largest absolute Gasteiger partial charge is 0.488 e. The summed E-state index contributed by atoms with van der Waals surface area (Å²) in [5.41, 5.74) is 1.16. The van der Waals surface area contributed by atoms with Gasteiger partial charge in [0.1, 0.15) is 0 Å². The quantitative estimate of drug-likeness (QED) is 0.418. The molecule has 6 heteroatoms. The van der Waals surface area contributed by atoms with Crippen LogP contribution in [0.2, 0.25) is 0 Å². The van der Waals surface area contributed by atoms with E-state index < -0.39 is 7.12 Å². The summed E-state index contributed by atoms with van der Waals surface area (Å²) in [5, 5.41) is 24.3. The van der Waals surface area contributed by atoms with Crippen LogP contribution in [0.1, 0.15) is 6.92 Å². The molecule has 0 aliphatic heterocycles. The maximum absolute atomic E-state index is 8.96. The molecule has 0 aromatic heterocycles. The highest BCUT2D eigenvalue weighted by atomic mass is 32.1. The van der Waals surface area contributed by atoms with Gasteiger partial charge >= 0.3 is 7.12 Å². The molecule has 4 N–H and O–H groups in total. The maximum atomic E-state index is 8.96. The lowest BCUT2D eigenvalue weighted by Gasteiger charge is -2.09. The molecule has 0 aliphatic carbocycles. The predicted molar refractivity (Wildman–Crippen MR) is 66.2 cm³/mol. The molecule has 0 spiro atoms. The summed E-state index contributed by atoms with van der Waals surface area (Å²) >= 11 is 5.00. The fourth-order valence-electron chi connectivity index (χ4n) is 1.11. The molecule has 0 saturated carbocycles. The summed E-state index contributed by atoms with van der Waals surface area (Å²) in [7, 11) is -1.46. The monoisotopic (exact) mass is 224 g/mol. The smallest absolute Gasteiger partial charge is 0.423 e. The summed E-state index contributed by atoms with van der Waals surface area (Å²) < 4.78 is 0. The topological polar surface area (TPSA) is 64.5 Å². The zero-order chi connectivity index (χ0) is 11.3. The van der Waals surface area contributed by atoms with Gasteiger partial charge in [0, 0.05) is 12.2 Å². The van der Waals surface area contributed by atoms with Crippen molar-refractivity contribution >= 4 is 35.6 Å². The van der Waals surface area contributed by atoms with E-state index in [1.165, 1.54) is 0 Å². The third kappa shape index (κ3) is 3.87. The van der Waals surface area contributed by atoms with Crippen molar-refractivity contribution in [3.05, 3.63) is 24.3 Å². The van der Waals surface area contributed by atoms with E-state index in [1.54, 1.807) is 24.3 Å². The van der Waals surface area contributed by atoms with Crippen molar-refractivity contribution in [2.24, 2.45) is 0 Å². The number of hydrogen-bond donors (Lipinski definition) is 4. The average molecular weight is 224 g/mol. The van der Waals surface area contributed by atoms with Crippen LogP contribution in [0.25, 0.3) is 0 Å². The highest BCUT2D eigenvalue weighted by Gasteiger charge is 2.10. The van der Waals surface area contributed by atoms with Crippen LogP contribution in [0.3, 0.4) is 0 Å². The Kier molecular flexibility index (Phi) is 4.55. The molecule has 0 heterocycles. The van der Waals surface area contributed by atoms with Gasteiger partial charge in [-0.25, -0.2) is 0 Å². The molecule has 0 fully saturated rings. The van der Waals surface area contributed by atoms with E-state index in [9.17, 15) is 0 Å². The van der Waals surface area contributed by atoms with E-state index in [-0.39, 0.29) is 0 Å². The molecular formula is C9H13BN2O2S. The van der Waals surface area contributed by atoms with Crippen molar-refractivity contribution in [1.29, 1.82) is 0 Å². The molecule has 4 nitrogen and oxygen atoms in total. The molecule has 0 bridgehead atoms. The molecule has 0 unspecified atom stereocenters. The fourth-order valence-corrected chi connectivity index (χ4v) is 1.38. The second-order valence-corrected chi connectivity index (χ2v) is 3.39. The van der Waals surface area contributed by atoms with E-state index in [0.29, 0.717) is 10.6 Å². The third-order valence-corrected chi connectivity index (χ3v) is 2.03. The summed E-state index contributed by atoms with van der Waals surface area (Å²) in [5.74, 6) is 0. The van der Waals surface area contributed by atoms with Crippen molar-refractivity contribution in [3.63, 3.8) is 0 Å². The number of thiocarbonyl (C=S) groups is 1. The maximum Gasteiger partial charge on any atom is 0.488 e. The minimum absolute atomic E-state index is 0.430. The molecule has 80 valence electrons. The minimum atomic E-state index is -1.46. The molecule has 0 amide bonds. The van der Waals surface area contributed by atoms with Gasteiger partial charge in [-0.15, -0.1) is 0 Å². The van der Waals surface area contributed by atoms with Crippen LogP contribution in [0.5, 0.6) is 0 Å². The van der Waals surface area contributed by atoms with Gasteiger partial charge in [-0.05, 0) is 36.7 Å². The minimum Gasteiger partial charge on any atom is -0.423 e. The molecule has 0 aliphatic rings. The van der Waals surface area contributed by atoms with Crippen LogP contribution in [0, 0.1) is 0 Å². The second kappa shape index (κ2) is 5.70. The molecule has 1 aromatic carbocycles. The first kappa shape index (κ1) is 12.0. The Bertz CT molecular complexity index is 347. The number of benzene rings is 1. The van der Waals surface area contributed by atoms with Crippen molar-refractivity contribution < 1.29 is 10.0 Å². The zero-order valence-electron chi connectivity index (χ0n) is 8.40. The Morgan fingerprint density at radius 2 is 2.20 bits per heavy atom. The van der Waals surface area contributed by atoms with Crippen LogP contribution in [0.15, 0.2) is 24.3 Å². The standard InChI is InChI=1S/C9H13BN2O2S/c1-2-11-9(15)12-8-5-3-4-7(6-8)10(13)14/h3-6,13-14H,2H2,1H3,(H2,11,12,15). The highest BCUT2D eigenvalue weighted by molar-refractivity contribution is 7.80. The summed E-state index contributed by atoms with van der Waals surface area (Å²) in [6.45, 7) is 2.69. The molecule has 15 heavy (non-hydrogen) atoms. The first-order valence-corrected chi connectivity index (χ1v) is 5.05.